The standard InChI is InChI=1S/C14H11NO.C5H5.Fe/c16-14-12(9-10-5-1-2-6-10)11-7-3-4-8-13(11)15-14;1-2-4-5-3-1;/h1-9,15-16H;1-5H;/q;-1;+2/p-1. The molecule has 0 aliphatic heterocycles. The normalized spacial score (nSPS) is 11.9. The first kappa shape index (κ1) is 16.0. The van der Waals surface area contributed by atoms with Crippen molar-refractivity contribution in [3.8, 4) is 5.88 Å². The number of rotatable bonds is 1. The van der Waals surface area contributed by atoms with Gasteiger partial charge in [-0.1, -0.05) is 42.5 Å². The van der Waals surface area contributed by atoms with E-state index in [4.69, 9.17) is 0 Å². The Kier molecular flexibility index (Phi) is 5.54. The molecule has 0 amide bonds. The maximum Gasteiger partial charge on any atom is 2.00 e. The van der Waals surface area contributed by atoms with Gasteiger partial charge >= 0.3 is 17.1 Å². The predicted molar refractivity (Wildman–Crippen MR) is 86.0 cm³/mol. The third-order valence-corrected chi connectivity index (χ3v) is 3.27. The van der Waals surface area contributed by atoms with Crippen LogP contribution in [0.2, 0.25) is 0 Å². The van der Waals surface area contributed by atoms with Crippen LogP contribution in [-0.4, -0.2) is 4.98 Å². The Morgan fingerprint density at radius 2 is 1.64 bits per heavy atom. The molecule has 22 heavy (non-hydrogen) atoms. The molecule has 1 aromatic heterocycles. The van der Waals surface area contributed by atoms with Crippen LogP contribution in [0.5, 0.6) is 5.88 Å². The minimum absolute atomic E-state index is 0. The van der Waals surface area contributed by atoms with E-state index < -0.39 is 0 Å². The number of allylic oxidation sites excluding steroid dienone is 5. The zero-order chi connectivity index (χ0) is 14.5. The van der Waals surface area contributed by atoms with Gasteiger partial charge in [0, 0.05) is 10.9 Å². The Labute approximate surface area is 140 Å². The molecule has 1 N–H and O–H groups in total. The topological polar surface area (TPSA) is 38.8 Å². The molecule has 4 rings (SSSR count). The van der Waals surface area contributed by atoms with Crippen molar-refractivity contribution >= 4 is 17.0 Å². The molecule has 0 saturated heterocycles. The van der Waals surface area contributed by atoms with E-state index in [0.717, 1.165) is 22.0 Å². The van der Waals surface area contributed by atoms with Crippen molar-refractivity contribution in [3.05, 3.63) is 90.0 Å². The van der Waals surface area contributed by atoms with E-state index in [0.29, 0.717) is 0 Å². The second kappa shape index (κ2) is 7.60. The van der Waals surface area contributed by atoms with Crippen molar-refractivity contribution in [2.45, 2.75) is 0 Å². The van der Waals surface area contributed by atoms with Gasteiger partial charge in [0.1, 0.15) is 0 Å². The minimum atomic E-state index is -0.0256. The maximum absolute atomic E-state index is 11.8. The van der Waals surface area contributed by atoms with Gasteiger partial charge in [-0.2, -0.15) is 18.2 Å². The second-order valence-corrected chi connectivity index (χ2v) is 4.74. The fraction of sp³-hybridized carbons (Fsp3) is 0. The Morgan fingerprint density at radius 3 is 2.27 bits per heavy atom. The van der Waals surface area contributed by atoms with Crippen LogP contribution in [0.4, 0.5) is 0 Å². The third-order valence-electron chi connectivity index (χ3n) is 3.27. The maximum atomic E-state index is 11.8. The number of fused-ring (bicyclic) bond motifs is 1. The smallest absolute Gasteiger partial charge is 0.860 e. The number of aromatic nitrogens is 1. The molecule has 1 aliphatic carbocycles. The van der Waals surface area contributed by atoms with Gasteiger partial charge in [-0.15, -0.1) is 0 Å². The van der Waals surface area contributed by atoms with Gasteiger partial charge in [-0.05, 0) is 29.2 Å². The van der Waals surface area contributed by atoms with Gasteiger partial charge in [0.15, 0.2) is 0 Å². The molecule has 0 radical (unpaired) electrons. The Balaban J connectivity index is 0.000000253. The van der Waals surface area contributed by atoms with E-state index in [2.05, 4.69) is 4.98 Å². The quantitative estimate of drug-likeness (QED) is 0.529. The Bertz CT molecular complexity index is 776. The SMILES string of the molecule is [Fe+2].[O-]c1[nH]c2ccccc2c1C=C1C=CC=C1.c1cc[cH-]c1. The van der Waals surface area contributed by atoms with E-state index in [1.54, 1.807) is 0 Å². The largest absolute Gasteiger partial charge is 2.00 e. The first-order valence-electron chi connectivity index (χ1n) is 6.85. The molecule has 1 aliphatic rings. The van der Waals surface area contributed by atoms with Crippen LogP contribution in [0.25, 0.3) is 17.0 Å². The van der Waals surface area contributed by atoms with Crippen molar-refractivity contribution in [1.82, 2.24) is 4.98 Å². The van der Waals surface area contributed by atoms with Crippen LogP contribution in [-0.2, 0) is 17.1 Å². The molecule has 0 atom stereocenters. The van der Waals surface area contributed by atoms with Gasteiger partial charge in [0.05, 0.1) is 0 Å². The zero-order valence-corrected chi connectivity index (χ0v) is 12.9. The average Bonchev–Trinajstić information content (AvgIpc) is 3.24. The summed E-state index contributed by atoms with van der Waals surface area (Å²) in [5, 5.41) is 12.8. The van der Waals surface area contributed by atoms with E-state index >= 15 is 0 Å². The van der Waals surface area contributed by atoms with Crippen LogP contribution in [0, 0.1) is 0 Å². The number of aromatic amines is 1. The van der Waals surface area contributed by atoms with Crippen molar-refractivity contribution < 1.29 is 22.2 Å². The summed E-state index contributed by atoms with van der Waals surface area (Å²) in [6.07, 6.45) is 9.82. The molecule has 0 bridgehead atoms. The van der Waals surface area contributed by atoms with Gasteiger partial charge in [-0.25, -0.2) is 12.1 Å². The number of para-hydroxylation sites is 1. The summed E-state index contributed by atoms with van der Waals surface area (Å²) in [4.78, 5) is 2.85. The fourth-order valence-electron chi connectivity index (χ4n) is 2.25. The Hall–Kier alpha value is -2.35. The average molecular weight is 329 g/mol. The first-order chi connectivity index (χ1) is 10.3. The fourth-order valence-corrected chi connectivity index (χ4v) is 2.25. The van der Waals surface area contributed by atoms with E-state index in [1.807, 2.05) is 85.0 Å². The van der Waals surface area contributed by atoms with E-state index in [1.165, 1.54) is 0 Å². The van der Waals surface area contributed by atoms with Gasteiger partial charge in [-0.3, -0.25) is 0 Å². The molecular formula is C19H15FeNO. The molecule has 0 saturated carbocycles. The molecule has 2 aromatic carbocycles. The zero-order valence-electron chi connectivity index (χ0n) is 11.8. The number of benzene rings is 1. The summed E-state index contributed by atoms with van der Waals surface area (Å²) in [5.41, 5.74) is 2.69. The number of hydrogen-bond donors (Lipinski definition) is 1. The number of hydrogen-bond acceptors (Lipinski definition) is 1. The molecule has 110 valence electrons. The Morgan fingerprint density at radius 1 is 0.955 bits per heavy atom. The van der Waals surface area contributed by atoms with Crippen molar-refractivity contribution in [2.24, 2.45) is 0 Å². The number of H-pyrrole nitrogens is 1. The molecule has 0 fully saturated rings. The summed E-state index contributed by atoms with van der Waals surface area (Å²) in [7, 11) is 0. The summed E-state index contributed by atoms with van der Waals surface area (Å²) in [5.74, 6) is -0.0256. The van der Waals surface area contributed by atoms with Crippen LogP contribution in [0.15, 0.2) is 84.5 Å². The summed E-state index contributed by atoms with van der Waals surface area (Å²) < 4.78 is 0. The van der Waals surface area contributed by atoms with Crippen molar-refractivity contribution in [2.75, 3.05) is 0 Å². The molecule has 2 nitrogen and oxygen atoms in total. The second-order valence-electron chi connectivity index (χ2n) is 4.74. The monoisotopic (exact) mass is 329 g/mol. The minimum Gasteiger partial charge on any atom is -0.860 e. The molecule has 3 heteroatoms. The molecule has 3 aromatic rings. The van der Waals surface area contributed by atoms with E-state index in [-0.39, 0.29) is 22.9 Å². The molecule has 0 unspecified atom stereocenters. The summed E-state index contributed by atoms with van der Waals surface area (Å²) in [6, 6.07) is 17.7. The van der Waals surface area contributed by atoms with E-state index in [9.17, 15) is 5.11 Å². The first-order valence-corrected chi connectivity index (χ1v) is 6.85. The van der Waals surface area contributed by atoms with Gasteiger partial charge < -0.3 is 10.1 Å². The van der Waals surface area contributed by atoms with Crippen LogP contribution >= 0.6 is 0 Å². The number of nitrogens with one attached hydrogen (secondary N) is 1. The van der Waals surface area contributed by atoms with Crippen LogP contribution in [0.1, 0.15) is 5.56 Å². The predicted octanol–water partition coefficient (Wildman–Crippen LogP) is 4.15. The summed E-state index contributed by atoms with van der Waals surface area (Å²) >= 11 is 0. The molecule has 1 heterocycles. The molecular weight excluding hydrogens is 314 g/mol. The van der Waals surface area contributed by atoms with Crippen molar-refractivity contribution in [3.63, 3.8) is 0 Å². The van der Waals surface area contributed by atoms with Crippen LogP contribution < -0.4 is 5.11 Å². The molecule has 0 spiro atoms. The van der Waals surface area contributed by atoms with Crippen LogP contribution in [0.3, 0.4) is 0 Å². The van der Waals surface area contributed by atoms with Crippen molar-refractivity contribution in [1.29, 1.82) is 0 Å². The van der Waals surface area contributed by atoms with Gasteiger partial charge in [0.2, 0.25) is 0 Å². The summed E-state index contributed by atoms with van der Waals surface area (Å²) in [6.45, 7) is 0. The van der Waals surface area contributed by atoms with Gasteiger partial charge in [0.25, 0.3) is 0 Å². The third kappa shape index (κ3) is 3.64.